The van der Waals surface area contributed by atoms with Gasteiger partial charge in [0.2, 0.25) is 0 Å². The lowest BCUT2D eigenvalue weighted by molar-refractivity contribution is 1.16. The summed E-state index contributed by atoms with van der Waals surface area (Å²) in [6.45, 7) is 0. The topological polar surface area (TPSA) is 45.5 Å². The van der Waals surface area contributed by atoms with Gasteiger partial charge in [-0.2, -0.15) is 0 Å². The van der Waals surface area contributed by atoms with Gasteiger partial charge >= 0.3 is 0 Å². The molecule has 0 amide bonds. The third kappa shape index (κ3) is 6.22. The zero-order valence-corrected chi connectivity index (χ0v) is 41.1. The van der Waals surface area contributed by atoms with Crippen molar-refractivity contribution >= 4 is 87.2 Å². The second-order valence-electron chi connectivity index (χ2n) is 19.7. The molecule has 0 fully saturated rings. The van der Waals surface area contributed by atoms with E-state index in [1.165, 1.54) is 48.9 Å². The van der Waals surface area contributed by atoms with Crippen LogP contribution in [-0.2, 0) is 0 Å². The average molecular weight is 969 g/mol. The van der Waals surface area contributed by atoms with Crippen LogP contribution in [0.15, 0.2) is 267 Å². The van der Waals surface area contributed by atoms with Crippen LogP contribution < -0.4 is 0 Å². The van der Waals surface area contributed by atoms with Crippen LogP contribution in [-0.4, -0.2) is 28.2 Å². The van der Waals surface area contributed by atoms with Crippen molar-refractivity contribution in [1.82, 2.24) is 28.2 Å². The number of nitrogens with zero attached hydrogens (tertiary/aromatic N) is 6. The molecule has 5 heterocycles. The summed E-state index contributed by atoms with van der Waals surface area (Å²) in [6.07, 6.45) is 0. The molecule has 6 nitrogen and oxygen atoms in total. The SMILES string of the molecule is c1ccc(-c2cc(-c3cc4c(c5ccccc5n4-c4ccccc4)c4c3c3ccccc3n4-c3ccc4c(c3)c3ccc5c(c6ccccc6n5-c5ccccc5)c3n4-c3ccccc3)nc(-c3ccccc3)n2)cc1. The minimum Gasteiger partial charge on any atom is -0.309 e. The van der Waals surface area contributed by atoms with Gasteiger partial charge < -0.3 is 18.3 Å². The Hall–Kier alpha value is -10.3. The van der Waals surface area contributed by atoms with E-state index in [2.05, 4.69) is 279 Å². The molecule has 16 aromatic rings. The van der Waals surface area contributed by atoms with Crippen LogP contribution in [0.3, 0.4) is 0 Å². The summed E-state index contributed by atoms with van der Waals surface area (Å²) >= 11 is 0. The largest absolute Gasteiger partial charge is 0.309 e. The monoisotopic (exact) mass is 968 g/mol. The molecule has 0 unspecified atom stereocenters. The molecule has 5 aromatic heterocycles. The molecule has 0 spiro atoms. The Bertz CT molecular complexity index is 4890. The zero-order valence-electron chi connectivity index (χ0n) is 41.1. The molecule has 16 rings (SSSR count). The maximum atomic E-state index is 5.54. The fourth-order valence-corrected chi connectivity index (χ4v) is 12.4. The summed E-state index contributed by atoms with van der Waals surface area (Å²) in [5.41, 5.74) is 18.3. The van der Waals surface area contributed by atoms with Crippen LogP contribution in [0.1, 0.15) is 0 Å². The van der Waals surface area contributed by atoms with Gasteiger partial charge in [-0.3, -0.25) is 0 Å². The van der Waals surface area contributed by atoms with Crippen LogP contribution >= 0.6 is 0 Å². The number of hydrogen-bond donors (Lipinski definition) is 0. The van der Waals surface area contributed by atoms with Crippen molar-refractivity contribution in [2.75, 3.05) is 0 Å². The van der Waals surface area contributed by atoms with Gasteiger partial charge in [-0.1, -0.05) is 176 Å². The van der Waals surface area contributed by atoms with Crippen molar-refractivity contribution in [1.29, 1.82) is 0 Å². The number of fused-ring (bicyclic) bond motifs is 14. The Morgan fingerprint density at radius 2 is 0.671 bits per heavy atom. The highest BCUT2D eigenvalue weighted by Crippen LogP contribution is 2.48. The predicted molar refractivity (Wildman–Crippen MR) is 316 cm³/mol. The highest BCUT2D eigenvalue weighted by molar-refractivity contribution is 6.30. The number of rotatable bonds is 7. The lowest BCUT2D eigenvalue weighted by Crippen LogP contribution is -1.99. The van der Waals surface area contributed by atoms with Crippen LogP contribution in [0.25, 0.3) is 144 Å². The second kappa shape index (κ2) is 16.6. The highest BCUT2D eigenvalue weighted by Gasteiger charge is 2.27. The first kappa shape index (κ1) is 42.2. The van der Waals surface area contributed by atoms with Crippen LogP contribution in [0.2, 0.25) is 0 Å². The molecule has 0 N–H and O–H groups in total. The van der Waals surface area contributed by atoms with E-state index in [9.17, 15) is 0 Å². The lowest BCUT2D eigenvalue weighted by Gasteiger charge is -2.14. The van der Waals surface area contributed by atoms with Gasteiger partial charge in [0, 0.05) is 82.5 Å². The molecule has 0 aliphatic heterocycles. The quantitative estimate of drug-likeness (QED) is 0.160. The molecular formula is C70H44N6. The number of benzene rings is 11. The minimum absolute atomic E-state index is 0.679. The van der Waals surface area contributed by atoms with Crippen molar-refractivity contribution in [2.24, 2.45) is 0 Å². The predicted octanol–water partition coefficient (Wildman–Crippen LogP) is 17.9. The summed E-state index contributed by atoms with van der Waals surface area (Å²) in [6, 6.07) is 96.2. The van der Waals surface area contributed by atoms with Crippen molar-refractivity contribution in [2.45, 2.75) is 0 Å². The molecule has 0 saturated heterocycles. The van der Waals surface area contributed by atoms with Gasteiger partial charge in [-0.05, 0) is 91.0 Å². The molecule has 0 aliphatic rings. The third-order valence-corrected chi connectivity index (χ3v) is 15.5. The van der Waals surface area contributed by atoms with E-state index in [1.807, 2.05) is 6.07 Å². The molecule has 11 aromatic carbocycles. The Morgan fingerprint density at radius 3 is 1.28 bits per heavy atom. The van der Waals surface area contributed by atoms with E-state index in [4.69, 9.17) is 9.97 Å². The van der Waals surface area contributed by atoms with E-state index in [-0.39, 0.29) is 0 Å². The van der Waals surface area contributed by atoms with E-state index in [0.29, 0.717) is 5.82 Å². The summed E-state index contributed by atoms with van der Waals surface area (Å²) in [5.74, 6) is 0.679. The Labute approximate surface area is 436 Å². The lowest BCUT2D eigenvalue weighted by atomic mass is 9.98. The van der Waals surface area contributed by atoms with E-state index >= 15 is 0 Å². The van der Waals surface area contributed by atoms with Crippen molar-refractivity contribution < 1.29 is 0 Å². The number of para-hydroxylation sites is 6. The zero-order chi connectivity index (χ0) is 49.8. The first-order valence-corrected chi connectivity index (χ1v) is 25.9. The summed E-state index contributed by atoms with van der Waals surface area (Å²) in [5, 5.41) is 9.46. The van der Waals surface area contributed by atoms with Crippen LogP contribution in [0, 0.1) is 0 Å². The molecule has 0 aliphatic carbocycles. The molecule has 6 heteroatoms. The Balaban J connectivity index is 1.06. The van der Waals surface area contributed by atoms with Crippen molar-refractivity contribution in [3.8, 4) is 56.7 Å². The molecular weight excluding hydrogens is 925 g/mol. The normalized spacial score (nSPS) is 11.9. The van der Waals surface area contributed by atoms with Gasteiger partial charge in [0.1, 0.15) is 0 Å². The van der Waals surface area contributed by atoms with Gasteiger partial charge in [0.25, 0.3) is 0 Å². The molecule has 0 radical (unpaired) electrons. The molecule has 354 valence electrons. The van der Waals surface area contributed by atoms with E-state index in [0.717, 1.165) is 89.2 Å². The smallest absolute Gasteiger partial charge is 0.160 e. The molecule has 76 heavy (non-hydrogen) atoms. The Morgan fingerprint density at radius 1 is 0.237 bits per heavy atom. The van der Waals surface area contributed by atoms with Crippen molar-refractivity contribution in [3.05, 3.63) is 267 Å². The standard InChI is InChI=1S/C70H44N6/c1-6-22-45(23-7-1)57-44-58(72-70(71-57)46-24-8-2-9-25-46)56-43-64-67(54-34-18-20-36-60(54)74(64)48-28-12-4-13-29-48)69-65(56)52-32-16-21-37-61(52)76(69)50-38-40-62-55(42-50)51-39-41-63-66(68(51)75(62)49-30-14-5-15-31-49)53-33-17-19-35-59(53)73(63)47-26-10-3-11-27-47/h1-44H. The fourth-order valence-electron chi connectivity index (χ4n) is 12.4. The Kier molecular flexibility index (Phi) is 9.23. The maximum Gasteiger partial charge on any atom is 0.160 e. The molecule has 0 bridgehead atoms. The first-order chi connectivity index (χ1) is 37.7. The van der Waals surface area contributed by atoms with Crippen LogP contribution in [0.4, 0.5) is 0 Å². The summed E-state index contributed by atoms with van der Waals surface area (Å²) in [7, 11) is 0. The minimum atomic E-state index is 0.679. The number of aromatic nitrogens is 6. The van der Waals surface area contributed by atoms with Gasteiger partial charge in [0.15, 0.2) is 5.82 Å². The first-order valence-electron chi connectivity index (χ1n) is 25.9. The second-order valence-corrected chi connectivity index (χ2v) is 19.7. The number of hydrogen-bond acceptors (Lipinski definition) is 2. The fraction of sp³-hybridized carbons (Fsp3) is 0. The van der Waals surface area contributed by atoms with Gasteiger partial charge in [-0.15, -0.1) is 0 Å². The third-order valence-electron chi connectivity index (χ3n) is 15.5. The van der Waals surface area contributed by atoms with Crippen LogP contribution in [0.5, 0.6) is 0 Å². The summed E-state index contributed by atoms with van der Waals surface area (Å²) in [4.78, 5) is 10.8. The van der Waals surface area contributed by atoms with Gasteiger partial charge in [0.05, 0.1) is 55.5 Å². The maximum absolute atomic E-state index is 5.54. The summed E-state index contributed by atoms with van der Waals surface area (Å²) < 4.78 is 9.86. The average Bonchev–Trinajstić information content (AvgIpc) is 4.42. The molecule has 0 atom stereocenters. The highest BCUT2D eigenvalue weighted by atomic mass is 15.0. The van der Waals surface area contributed by atoms with E-state index in [1.54, 1.807) is 0 Å². The van der Waals surface area contributed by atoms with Gasteiger partial charge in [-0.25, -0.2) is 9.97 Å². The van der Waals surface area contributed by atoms with Crippen molar-refractivity contribution in [3.63, 3.8) is 0 Å². The molecule has 0 saturated carbocycles. The van der Waals surface area contributed by atoms with E-state index < -0.39 is 0 Å².